The van der Waals surface area contributed by atoms with E-state index >= 15 is 0 Å². The number of anilines is 1. The third-order valence-corrected chi connectivity index (χ3v) is 9.21. The van der Waals surface area contributed by atoms with Gasteiger partial charge in [0.2, 0.25) is 21.8 Å². The second-order valence-electron chi connectivity index (χ2n) is 10.9. The van der Waals surface area contributed by atoms with E-state index in [9.17, 15) is 18.0 Å². The fraction of sp³-hybridized carbons (Fsp3) is 0.375. The number of nitrogens with one attached hydrogen (secondary N) is 1. The summed E-state index contributed by atoms with van der Waals surface area (Å²) in [4.78, 5) is 29.7. The Bertz CT molecular complexity index is 1460. The van der Waals surface area contributed by atoms with Crippen LogP contribution in [-0.2, 0) is 32.6 Å². The molecule has 1 aliphatic carbocycles. The molecule has 3 aromatic carbocycles. The normalized spacial score (nSPS) is 14.4. The third-order valence-electron chi connectivity index (χ3n) is 7.55. The van der Waals surface area contributed by atoms with Crippen molar-refractivity contribution in [3.8, 4) is 0 Å². The number of carbonyl (C=O) groups excluding carboxylic acids is 2. The number of nitrogens with zero attached hydrogens (tertiary/aromatic N) is 2. The van der Waals surface area contributed by atoms with Crippen molar-refractivity contribution in [2.24, 2.45) is 0 Å². The topological polar surface area (TPSA) is 86.8 Å². The highest BCUT2D eigenvalue weighted by atomic mass is 79.9. The van der Waals surface area contributed by atoms with Gasteiger partial charge in [0.1, 0.15) is 12.6 Å². The van der Waals surface area contributed by atoms with E-state index in [2.05, 4.69) is 21.2 Å². The fourth-order valence-corrected chi connectivity index (χ4v) is 6.45. The van der Waals surface area contributed by atoms with Crippen LogP contribution in [0, 0.1) is 13.8 Å². The fourth-order valence-electron chi connectivity index (χ4n) is 5.29. The number of hydrogen-bond acceptors (Lipinski definition) is 4. The van der Waals surface area contributed by atoms with Crippen LogP contribution in [0.25, 0.3) is 0 Å². The summed E-state index contributed by atoms with van der Waals surface area (Å²) in [6.07, 6.45) is 5.38. The standard InChI is InChI=1S/C32H38BrN3O4S/c1-23-13-14-24(2)29(19-23)36(41(3,39)40)22-31(37)35(21-26-15-17-27(33)18-16-26)30(20-25-9-5-4-6-10-25)32(38)34-28-11-7-8-12-28/h4-6,9-10,13-19,28,30H,7-8,11-12,20-22H2,1-3H3,(H,34,38)/t30-/m0/s1. The summed E-state index contributed by atoms with van der Waals surface area (Å²) in [5.41, 5.74) is 3.84. The molecule has 1 fully saturated rings. The zero-order valence-electron chi connectivity index (χ0n) is 23.8. The van der Waals surface area contributed by atoms with Gasteiger partial charge in [-0.1, -0.05) is 83.4 Å². The van der Waals surface area contributed by atoms with Crippen LogP contribution in [0.3, 0.4) is 0 Å². The van der Waals surface area contributed by atoms with Crippen LogP contribution in [0.15, 0.2) is 77.3 Å². The molecule has 0 unspecified atom stereocenters. The number of benzene rings is 3. The van der Waals surface area contributed by atoms with E-state index in [-0.39, 0.29) is 18.5 Å². The largest absolute Gasteiger partial charge is 0.352 e. The van der Waals surface area contributed by atoms with E-state index < -0.39 is 28.5 Å². The molecule has 2 amide bonds. The number of halogens is 1. The zero-order chi connectivity index (χ0) is 29.6. The lowest BCUT2D eigenvalue weighted by molar-refractivity contribution is -0.140. The van der Waals surface area contributed by atoms with Crippen molar-refractivity contribution in [3.05, 3.63) is 99.5 Å². The lowest BCUT2D eigenvalue weighted by Crippen LogP contribution is -2.54. The Balaban J connectivity index is 1.74. The van der Waals surface area contributed by atoms with Crippen molar-refractivity contribution in [2.45, 2.75) is 64.6 Å². The second kappa shape index (κ2) is 13.7. The van der Waals surface area contributed by atoms with Gasteiger partial charge in [-0.05, 0) is 67.1 Å². The molecule has 1 atom stereocenters. The first-order valence-corrected chi connectivity index (χ1v) is 16.6. The van der Waals surface area contributed by atoms with Gasteiger partial charge in [0.25, 0.3) is 0 Å². The van der Waals surface area contributed by atoms with Gasteiger partial charge in [-0.2, -0.15) is 0 Å². The molecule has 1 aliphatic rings. The van der Waals surface area contributed by atoms with Crippen molar-refractivity contribution < 1.29 is 18.0 Å². The molecule has 0 saturated heterocycles. The molecule has 4 rings (SSSR count). The van der Waals surface area contributed by atoms with Gasteiger partial charge < -0.3 is 10.2 Å². The molecule has 0 radical (unpaired) electrons. The molecular formula is C32H38BrN3O4S. The summed E-state index contributed by atoms with van der Waals surface area (Å²) >= 11 is 3.46. The summed E-state index contributed by atoms with van der Waals surface area (Å²) in [5, 5.41) is 3.19. The Hall–Kier alpha value is -3.17. The predicted molar refractivity (Wildman–Crippen MR) is 167 cm³/mol. The lowest BCUT2D eigenvalue weighted by Gasteiger charge is -2.34. The summed E-state index contributed by atoms with van der Waals surface area (Å²) in [5.74, 6) is -0.661. The van der Waals surface area contributed by atoms with E-state index in [0.717, 1.165) is 63.0 Å². The molecule has 1 N–H and O–H groups in total. The van der Waals surface area contributed by atoms with Gasteiger partial charge in [-0.3, -0.25) is 13.9 Å². The van der Waals surface area contributed by atoms with E-state index in [1.165, 1.54) is 0 Å². The number of hydrogen-bond donors (Lipinski definition) is 1. The van der Waals surface area contributed by atoms with Gasteiger partial charge in [-0.25, -0.2) is 8.42 Å². The van der Waals surface area contributed by atoms with Crippen LogP contribution in [-0.4, -0.2) is 50.0 Å². The van der Waals surface area contributed by atoms with E-state index in [1.54, 1.807) is 11.0 Å². The highest BCUT2D eigenvalue weighted by Crippen LogP contribution is 2.26. The van der Waals surface area contributed by atoms with Crippen LogP contribution >= 0.6 is 15.9 Å². The number of carbonyl (C=O) groups is 2. The molecule has 7 nitrogen and oxygen atoms in total. The van der Waals surface area contributed by atoms with Crippen LogP contribution in [0.5, 0.6) is 0 Å². The molecule has 0 spiro atoms. The lowest BCUT2D eigenvalue weighted by atomic mass is 10.0. The minimum absolute atomic E-state index is 0.0767. The van der Waals surface area contributed by atoms with Crippen LogP contribution in [0.4, 0.5) is 5.69 Å². The van der Waals surface area contributed by atoms with E-state index in [4.69, 9.17) is 0 Å². The van der Waals surface area contributed by atoms with Crippen molar-refractivity contribution in [1.29, 1.82) is 0 Å². The molecule has 0 heterocycles. The van der Waals surface area contributed by atoms with E-state index in [1.807, 2.05) is 80.6 Å². The Morgan fingerprint density at radius 2 is 1.61 bits per heavy atom. The molecule has 9 heteroatoms. The first kappa shape index (κ1) is 30.8. The summed E-state index contributed by atoms with van der Waals surface area (Å²) in [6.45, 7) is 3.45. The molecule has 1 saturated carbocycles. The first-order valence-electron chi connectivity index (χ1n) is 13.9. The Labute approximate surface area is 252 Å². The van der Waals surface area contributed by atoms with Crippen molar-refractivity contribution >= 4 is 43.5 Å². The number of sulfonamides is 1. The minimum Gasteiger partial charge on any atom is -0.352 e. The van der Waals surface area contributed by atoms with Gasteiger partial charge in [-0.15, -0.1) is 0 Å². The maximum atomic E-state index is 14.2. The summed E-state index contributed by atoms with van der Waals surface area (Å²) in [6, 6.07) is 22.0. The average Bonchev–Trinajstić information content (AvgIpc) is 3.44. The van der Waals surface area contributed by atoms with Crippen molar-refractivity contribution in [1.82, 2.24) is 10.2 Å². The Morgan fingerprint density at radius 3 is 2.24 bits per heavy atom. The van der Waals surface area contributed by atoms with Gasteiger partial charge in [0, 0.05) is 23.5 Å². The minimum atomic E-state index is -3.81. The molecule has 41 heavy (non-hydrogen) atoms. The van der Waals surface area contributed by atoms with Crippen molar-refractivity contribution in [3.63, 3.8) is 0 Å². The Kier molecular flexibility index (Phi) is 10.3. The monoisotopic (exact) mass is 639 g/mol. The number of amides is 2. The molecular weight excluding hydrogens is 602 g/mol. The van der Waals surface area contributed by atoms with Gasteiger partial charge in [0.05, 0.1) is 11.9 Å². The van der Waals surface area contributed by atoms with E-state index in [0.29, 0.717) is 12.1 Å². The maximum absolute atomic E-state index is 14.2. The molecule has 0 aliphatic heterocycles. The number of rotatable bonds is 11. The highest BCUT2D eigenvalue weighted by molar-refractivity contribution is 9.10. The summed E-state index contributed by atoms with van der Waals surface area (Å²) in [7, 11) is -3.81. The molecule has 218 valence electrons. The number of aryl methyl sites for hydroxylation is 2. The van der Waals surface area contributed by atoms with Gasteiger partial charge >= 0.3 is 0 Å². The van der Waals surface area contributed by atoms with Crippen LogP contribution < -0.4 is 9.62 Å². The Morgan fingerprint density at radius 1 is 0.951 bits per heavy atom. The van der Waals surface area contributed by atoms with Crippen molar-refractivity contribution in [2.75, 3.05) is 17.1 Å². The van der Waals surface area contributed by atoms with Gasteiger partial charge in [0.15, 0.2) is 0 Å². The SMILES string of the molecule is Cc1ccc(C)c(N(CC(=O)N(Cc2ccc(Br)cc2)[C@@H](Cc2ccccc2)C(=O)NC2CCCC2)S(C)(=O)=O)c1. The highest BCUT2D eigenvalue weighted by Gasteiger charge is 2.34. The average molecular weight is 641 g/mol. The first-order chi connectivity index (χ1) is 19.5. The molecule has 3 aromatic rings. The molecule has 0 aromatic heterocycles. The third kappa shape index (κ3) is 8.42. The van der Waals surface area contributed by atoms with Crippen LogP contribution in [0.2, 0.25) is 0 Å². The quantitative estimate of drug-likeness (QED) is 0.299. The molecule has 0 bridgehead atoms. The predicted octanol–water partition coefficient (Wildman–Crippen LogP) is 5.53. The smallest absolute Gasteiger partial charge is 0.244 e. The second-order valence-corrected chi connectivity index (χ2v) is 13.7. The maximum Gasteiger partial charge on any atom is 0.244 e. The summed E-state index contributed by atoms with van der Waals surface area (Å²) < 4.78 is 28.1. The zero-order valence-corrected chi connectivity index (χ0v) is 26.2. The van der Waals surface area contributed by atoms with Crippen LogP contribution in [0.1, 0.15) is 47.9 Å².